The predicted octanol–water partition coefficient (Wildman–Crippen LogP) is 3.82. The number of rotatable bonds is 10. The molecule has 0 spiro atoms. The van der Waals surface area contributed by atoms with Gasteiger partial charge in [-0.15, -0.1) is 11.8 Å². The quantitative estimate of drug-likeness (QED) is 0.169. The fraction of sp³-hybridized carbons (Fsp3) is 0.350. The molecular weight excluding hydrogens is 412 g/mol. The van der Waals surface area contributed by atoms with Crippen LogP contribution in [-0.2, 0) is 10.1 Å². The van der Waals surface area contributed by atoms with E-state index >= 15 is 0 Å². The molecule has 0 radical (unpaired) electrons. The van der Waals surface area contributed by atoms with E-state index < -0.39 is 10.1 Å². The molecule has 2 aromatic rings. The Morgan fingerprint density at radius 3 is 2.31 bits per heavy atom. The van der Waals surface area contributed by atoms with Crippen LogP contribution in [0.4, 0.5) is 0 Å². The van der Waals surface area contributed by atoms with Gasteiger partial charge in [-0.2, -0.15) is 8.42 Å². The molecule has 0 aliphatic rings. The molecule has 0 fully saturated rings. The van der Waals surface area contributed by atoms with E-state index in [0.717, 1.165) is 42.1 Å². The van der Waals surface area contributed by atoms with Gasteiger partial charge in [0.05, 0.1) is 20.0 Å². The van der Waals surface area contributed by atoms with Crippen LogP contribution >= 0.6 is 11.8 Å². The number of thioether (sulfide) groups is 1. The first kappa shape index (κ1) is 24.8. The molecule has 0 saturated heterocycles. The number of unbranched alkanes of at least 4 members (excludes halogenated alkanes) is 2. The number of hydrogen-bond acceptors (Lipinski definition) is 6. The van der Waals surface area contributed by atoms with Crippen LogP contribution in [0.3, 0.4) is 0 Å². The molecule has 2 rings (SSSR count). The number of para-hydroxylation sites is 1. The van der Waals surface area contributed by atoms with Gasteiger partial charge >= 0.3 is 0 Å². The van der Waals surface area contributed by atoms with E-state index in [1.807, 2.05) is 54.2 Å². The number of hydrogen-bond donors (Lipinski definition) is 3. The highest BCUT2D eigenvalue weighted by molar-refractivity contribution is 7.99. The third kappa shape index (κ3) is 12.0. The second kappa shape index (κ2) is 13.1. The summed E-state index contributed by atoms with van der Waals surface area (Å²) in [7, 11) is -1.96. The van der Waals surface area contributed by atoms with Gasteiger partial charge in [-0.1, -0.05) is 12.1 Å². The highest BCUT2D eigenvalue weighted by Crippen LogP contribution is 2.29. The highest BCUT2D eigenvalue weighted by Gasteiger charge is 2.02. The van der Waals surface area contributed by atoms with E-state index in [4.69, 9.17) is 25.2 Å². The maximum Gasteiger partial charge on any atom is 0.261 e. The molecule has 0 amide bonds. The van der Waals surface area contributed by atoms with Crippen molar-refractivity contribution >= 4 is 27.7 Å². The number of nitrogens with two attached hydrogens (primary N) is 1. The fourth-order valence-electron chi connectivity index (χ4n) is 2.22. The first-order chi connectivity index (χ1) is 13.7. The average molecular weight is 441 g/mol. The van der Waals surface area contributed by atoms with Crippen molar-refractivity contribution in [2.75, 3.05) is 25.7 Å². The van der Waals surface area contributed by atoms with Gasteiger partial charge in [-0.25, -0.2) is 0 Å². The molecular formula is C20H28N2O5S2. The van der Waals surface area contributed by atoms with Gasteiger partial charge in [0.15, 0.2) is 0 Å². The highest BCUT2D eigenvalue weighted by atomic mass is 32.2. The van der Waals surface area contributed by atoms with E-state index in [1.165, 1.54) is 4.90 Å². The van der Waals surface area contributed by atoms with Crippen LogP contribution < -0.4 is 15.2 Å². The van der Waals surface area contributed by atoms with Gasteiger partial charge in [-0.3, -0.25) is 9.96 Å². The maximum absolute atomic E-state index is 9.19. The average Bonchev–Trinajstić information content (AvgIpc) is 2.66. The first-order valence-electron chi connectivity index (χ1n) is 8.96. The minimum atomic E-state index is -3.67. The number of ether oxygens (including phenoxy) is 2. The van der Waals surface area contributed by atoms with Crippen molar-refractivity contribution in [1.82, 2.24) is 0 Å². The summed E-state index contributed by atoms with van der Waals surface area (Å²) in [5.74, 6) is 2.92. The zero-order chi connectivity index (χ0) is 21.7. The Bertz CT molecular complexity index is 847. The number of nitrogens with one attached hydrogen (secondary N) is 1. The Balaban J connectivity index is 0.000000749. The number of methoxy groups -OCH3 is 1. The largest absolute Gasteiger partial charge is 0.496 e. The third-order valence-electron chi connectivity index (χ3n) is 3.55. The van der Waals surface area contributed by atoms with Gasteiger partial charge in [0.1, 0.15) is 17.3 Å². The number of nitrogen functional groups attached to an aromatic ring is 1. The molecule has 0 unspecified atom stereocenters. The summed E-state index contributed by atoms with van der Waals surface area (Å²) >= 11 is 1.83. The lowest BCUT2D eigenvalue weighted by Crippen LogP contribution is -2.10. The van der Waals surface area contributed by atoms with Gasteiger partial charge < -0.3 is 15.2 Å². The number of amidine groups is 1. The second-order valence-corrected chi connectivity index (χ2v) is 8.68. The Morgan fingerprint density at radius 2 is 1.72 bits per heavy atom. The predicted molar refractivity (Wildman–Crippen MR) is 118 cm³/mol. The van der Waals surface area contributed by atoms with Gasteiger partial charge in [-0.05, 0) is 61.4 Å². The topological polar surface area (TPSA) is 123 Å². The summed E-state index contributed by atoms with van der Waals surface area (Å²) < 4.78 is 36.9. The molecule has 2 aromatic carbocycles. The Kier molecular flexibility index (Phi) is 11.2. The minimum Gasteiger partial charge on any atom is -0.496 e. The second-order valence-electron chi connectivity index (χ2n) is 6.08. The van der Waals surface area contributed by atoms with E-state index in [2.05, 4.69) is 6.07 Å². The molecule has 160 valence electrons. The van der Waals surface area contributed by atoms with Crippen LogP contribution in [0.5, 0.6) is 11.5 Å². The molecule has 0 heterocycles. The van der Waals surface area contributed by atoms with E-state index in [0.29, 0.717) is 12.9 Å². The van der Waals surface area contributed by atoms with Crippen molar-refractivity contribution in [2.45, 2.75) is 24.2 Å². The summed E-state index contributed by atoms with van der Waals surface area (Å²) in [6, 6.07) is 15.4. The van der Waals surface area contributed by atoms with Gasteiger partial charge in [0.25, 0.3) is 10.1 Å². The molecule has 0 aliphatic carbocycles. The molecule has 4 N–H and O–H groups in total. The summed E-state index contributed by atoms with van der Waals surface area (Å²) in [6.07, 6.45) is 4.02. The molecule has 0 bridgehead atoms. The van der Waals surface area contributed by atoms with Crippen LogP contribution in [0, 0.1) is 5.41 Å². The summed E-state index contributed by atoms with van der Waals surface area (Å²) in [5.41, 5.74) is 6.14. The summed E-state index contributed by atoms with van der Waals surface area (Å²) in [6.45, 7) is 0.707. The minimum absolute atomic E-state index is 0.0779. The lowest BCUT2D eigenvalue weighted by molar-refractivity contribution is 0.306. The van der Waals surface area contributed by atoms with Crippen molar-refractivity contribution in [3.05, 3.63) is 54.1 Å². The monoisotopic (exact) mass is 440 g/mol. The van der Waals surface area contributed by atoms with Gasteiger partial charge in [0.2, 0.25) is 0 Å². The van der Waals surface area contributed by atoms with Crippen molar-refractivity contribution in [3.63, 3.8) is 0 Å². The van der Waals surface area contributed by atoms with Crippen molar-refractivity contribution < 1.29 is 22.4 Å². The number of benzene rings is 2. The Morgan fingerprint density at radius 1 is 1.10 bits per heavy atom. The zero-order valence-corrected chi connectivity index (χ0v) is 18.3. The normalized spacial score (nSPS) is 10.6. The molecule has 0 aliphatic heterocycles. The Hall–Kier alpha value is -2.23. The molecule has 0 aromatic heterocycles. The molecule has 9 heteroatoms. The smallest absolute Gasteiger partial charge is 0.261 e. The Labute approximate surface area is 176 Å². The molecule has 0 atom stereocenters. The summed E-state index contributed by atoms with van der Waals surface area (Å²) in [4.78, 5) is 1.20. The fourth-order valence-corrected chi connectivity index (χ4v) is 3.26. The molecule has 0 saturated carbocycles. The molecule has 7 nitrogen and oxygen atoms in total. The van der Waals surface area contributed by atoms with Crippen molar-refractivity contribution in [3.8, 4) is 11.5 Å². The zero-order valence-electron chi connectivity index (χ0n) is 16.6. The van der Waals surface area contributed by atoms with Crippen LogP contribution in [0.25, 0.3) is 0 Å². The van der Waals surface area contributed by atoms with Crippen molar-refractivity contribution in [1.29, 1.82) is 5.41 Å². The third-order valence-corrected chi connectivity index (χ3v) is 4.69. The van der Waals surface area contributed by atoms with Gasteiger partial charge in [0, 0.05) is 10.5 Å². The van der Waals surface area contributed by atoms with Crippen LogP contribution in [0.2, 0.25) is 0 Å². The SMILES string of the molecule is COc1ccccc1SCCCCCOc1ccc(C(=N)N)cc1.CS(=O)(=O)O. The first-order valence-corrected chi connectivity index (χ1v) is 11.8. The van der Waals surface area contributed by atoms with Crippen LogP contribution in [-0.4, -0.2) is 44.5 Å². The molecule has 29 heavy (non-hydrogen) atoms. The van der Waals surface area contributed by atoms with Crippen LogP contribution in [0.15, 0.2) is 53.4 Å². The summed E-state index contributed by atoms with van der Waals surface area (Å²) in [5, 5.41) is 7.35. The van der Waals surface area contributed by atoms with Crippen LogP contribution in [0.1, 0.15) is 24.8 Å². The van der Waals surface area contributed by atoms with Crippen molar-refractivity contribution in [2.24, 2.45) is 5.73 Å². The lowest BCUT2D eigenvalue weighted by atomic mass is 10.2. The standard InChI is InChI=1S/C19H24N2O2S.CH4O3S/c1-22-17-7-3-4-8-18(17)24-14-6-2-5-13-23-16-11-9-15(10-12-16)19(20)21;1-5(2,3)4/h3-4,7-12H,2,5-6,13-14H2,1H3,(H3,20,21);1H3,(H,2,3,4). The van der Waals surface area contributed by atoms with E-state index in [9.17, 15) is 8.42 Å². The van der Waals surface area contributed by atoms with E-state index in [1.54, 1.807) is 7.11 Å². The lowest BCUT2D eigenvalue weighted by Gasteiger charge is -2.08. The maximum atomic E-state index is 9.19. The van der Waals surface area contributed by atoms with E-state index in [-0.39, 0.29) is 5.84 Å².